The summed E-state index contributed by atoms with van der Waals surface area (Å²) in [5.74, 6) is 0.981. The zero-order chi connectivity index (χ0) is 21.6. The third-order valence-electron chi connectivity index (χ3n) is 5.45. The zero-order valence-electron chi connectivity index (χ0n) is 17.5. The van der Waals surface area contributed by atoms with Crippen LogP contribution < -0.4 is 15.5 Å². The molecular weight excluding hydrogens is 413 g/mol. The molecule has 2 N–H and O–H groups in total. The van der Waals surface area contributed by atoms with Gasteiger partial charge in [0.05, 0.1) is 0 Å². The van der Waals surface area contributed by atoms with Crippen LogP contribution in [0.3, 0.4) is 0 Å². The van der Waals surface area contributed by atoms with Crippen LogP contribution in [0.1, 0.15) is 29.8 Å². The first-order valence-corrected chi connectivity index (χ1v) is 11.3. The number of amides is 2. The Morgan fingerprint density at radius 1 is 1.19 bits per heavy atom. The van der Waals surface area contributed by atoms with E-state index in [-0.39, 0.29) is 11.8 Å². The molecular formula is C23H26FN5OS. The standard InChI is InChI=1S/C23H26FN5OS/c1-16-3-2-4-20(13-16)26-22(30)25-15-18-9-11-29(12-10-18)23-27-21(28-31-23)14-17-5-7-19(24)8-6-17/h2-8,13,18H,9-12,14-15H2,1H3,(H2,25,26,30). The van der Waals surface area contributed by atoms with E-state index in [1.807, 2.05) is 31.2 Å². The number of aryl methyl sites for hydroxylation is 1. The average Bonchev–Trinajstić information content (AvgIpc) is 3.23. The van der Waals surface area contributed by atoms with Gasteiger partial charge in [-0.25, -0.2) is 14.2 Å². The number of urea groups is 1. The highest BCUT2D eigenvalue weighted by Gasteiger charge is 2.22. The average molecular weight is 440 g/mol. The summed E-state index contributed by atoms with van der Waals surface area (Å²) in [6, 6.07) is 14.1. The number of nitrogens with zero attached hydrogens (tertiary/aromatic N) is 3. The second kappa shape index (κ2) is 9.87. The van der Waals surface area contributed by atoms with Crippen molar-refractivity contribution < 1.29 is 9.18 Å². The minimum absolute atomic E-state index is 0.164. The van der Waals surface area contributed by atoms with Crippen molar-refractivity contribution in [2.24, 2.45) is 5.92 Å². The number of nitrogens with one attached hydrogen (secondary N) is 2. The Hall–Kier alpha value is -3.00. The van der Waals surface area contributed by atoms with Crippen LogP contribution in [0.15, 0.2) is 48.5 Å². The number of carbonyl (C=O) groups is 1. The van der Waals surface area contributed by atoms with Crippen LogP contribution in [-0.2, 0) is 6.42 Å². The molecule has 2 amide bonds. The molecule has 0 aliphatic carbocycles. The third kappa shape index (κ3) is 6.01. The van der Waals surface area contributed by atoms with Gasteiger partial charge >= 0.3 is 6.03 Å². The summed E-state index contributed by atoms with van der Waals surface area (Å²) in [6.45, 7) is 4.46. The van der Waals surface area contributed by atoms with Gasteiger partial charge in [-0.2, -0.15) is 4.37 Å². The van der Waals surface area contributed by atoms with Crippen LogP contribution in [0.5, 0.6) is 0 Å². The summed E-state index contributed by atoms with van der Waals surface area (Å²) in [7, 11) is 0. The topological polar surface area (TPSA) is 70.2 Å². The Morgan fingerprint density at radius 3 is 2.71 bits per heavy atom. The minimum Gasteiger partial charge on any atom is -0.347 e. The third-order valence-corrected chi connectivity index (χ3v) is 6.26. The van der Waals surface area contributed by atoms with Crippen LogP contribution in [-0.4, -0.2) is 35.0 Å². The second-order valence-corrected chi connectivity index (χ2v) is 8.66. The fourth-order valence-corrected chi connectivity index (χ4v) is 4.43. The van der Waals surface area contributed by atoms with Crippen LogP contribution in [0, 0.1) is 18.7 Å². The maximum atomic E-state index is 13.1. The summed E-state index contributed by atoms with van der Waals surface area (Å²) in [4.78, 5) is 19.1. The minimum atomic E-state index is -0.235. The molecule has 1 aliphatic rings. The van der Waals surface area contributed by atoms with Crippen molar-refractivity contribution in [2.75, 3.05) is 29.9 Å². The monoisotopic (exact) mass is 439 g/mol. The molecule has 1 aliphatic heterocycles. The van der Waals surface area contributed by atoms with Crippen molar-refractivity contribution in [1.29, 1.82) is 0 Å². The molecule has 0 unspecified atom stereocenters. The van der Waals surface area contributed by atoms with E-state index in [2.05, 4.69) is 24.9 Å². The lowest BCUT2D eigenvalue weighted by Gasteiger charge is -2.31. The Labute approximate surface area is 185 Å². The molecule has 2 aromatic carbocycles. The van der Waals surface area contributed by atoms with Gasteiger partial charge in [-0.05, 0) is 61.1 Å². The van der Waals surface area contributed by atoms with E-state index in [1.165, 1.54) is 23.7 Å². The normalized spacial score (nSPS) is 14.5. The molecule has 1 saturated heterocycles. The Balaban J connectivity index is 1.21. The quantitative estimate of drug-likeness (QED) is 0.588. The molecule has 4 rings (SSSR count). The lowest BCUT2D eigenvalue weighted by molar-refractivity contribution is 0.248. The van der Waals surface area contributed by atoms with Crippen molar-refractivity contribution in [1.82, 2.24) is 14.7 Å². The lowest BCUT2D eigenvalue weighted by atomic mass is 9.97. The maximum Gasteiger partial charge on any atom is 0.319 e. The fraction of sp³-hybridized carbons (Fsp3) is 0.348. The first kappa shape index (κ1) is 21.2. The highest BCUT2D eigenvalue weighted by atomic mass is 32.1. The molecule has 0 bridgehead atoms. The van der Waals surface area contributed by atoms with Gasteiger partial charge in [-0.15, -0.1) is 0 Å². The number of rotatable bonds is 6. The van der Waals surface area contributed by atoms with Gasteiger partial charge in [0.25, 0.3) is 0 Å². The molecule has 0 radical (unpaired) electrons. The molecule has 0 spiro atoms. The van der Waals surface area contributed by atoms with E-state index in [1.54, 1.807) is 12.1 Å². The summed E-state index contributed by atoms with van der Waals surface area (Å²) < 4.78 is 17.5. The van der Waals surface area contributed by atoms with Gasteiger partial charge in [0.1, 0.15) is 11.6 Å². The molecule has 1 fully saturated rings. The number of hydrogen-bond donors (Lipinski definition) is 2. The first-order chi connectivity index (χ1) is 15.0. The van der Waals surface area contributed by atoms with Gasteiger partial charge < -0.3 is 15.5 Å². The lowest BCUT2D eigenvalue weighted by Crippen LogP contribution is -2.39. The summed E-state index contributed by atoms with van der Waals surface area (Å²) in [6.07, 6.45) is 2.60. The number of hydrogen-bond acceptors (Lipinski definition) is 5. The number of carbonyl (C=O) groups excluding carboxylic acids is 1. The van der Waals surface area contributed by atoms with Crippen LogP contribution in [0.25, 0.3) is 0 Å². The Kier molecular flexibility index (Phi) is 6.76. The van der Waals surface area contributed by atoms with Gasteiger partial charge in [-0.3, -0.25) is 0 Å². The fourth-order valence-electron chi connectivity index (χ4n) is 3.69. The van der Waals surface area contributed by atoms with E-state index < -0.39 is 0 Å². The SMILES string of the molecule is Cc1cccc(NC(=O)NCC2CCN(c3nc(Cc4ccc(F)cc4)ns3)CC2)c1. The van der Waals surface area contributed by atoms with E-state index >= 15 is 0 Å². The van der Waals surface area contributed by atoms with Crippen LogP contribution in [0.4, 0.5) is 20.0 Å². The van der Waals surface area contributed by atoms with Crippen molar-refractivity contribution >= 4 is 28.4 Å². The predicted octanol–water partition coefficient (Wildman–Crippen LogP) is 4.61. The van der Waals surface area contributed by atoms with Crippen molar-refractivity contribution in [3.05, 3.63) is 71.3 Å². The Bertz CT molecular complexity index is 1010. The largest absolute Gasteiger partial charge is 0.347 e. The first-order valence-electron chi connectivity index (χ1n) is 10.5. The molecule has 162 valence electrons. The summed E-state index contributed by atoms with van der Waals surface area (Å²) in [5.41, 5.74) is 2.92. The van der Waals surface area contributed by atoms with E-state index in [0.717, 1.165) is 53.7 Å². The van der Waals surface area contributed by atoms with E-state index in [9.17, 15) is 9.18 Å². The smallest absolute Gasteiger partial charge is 0.319 e. The number of halogens is 1. The zero-order valence-corrected chi connectivity index (χ0v) is 18.3. The maximum absolute atomic E-state index is 13.1. The molecule has 1 aromatic heterocycles. The summed E-state index contributed by atoms with van der Waals surface area (Å²) in [5, 5.41) is 6.81. The Morgan fingerprint density at radius 2 is 1.97 bits per heavy atom. The van der Waals surface area contributed by atoms with E-state index in [0.29, 0.717) is 18.9 Å². The van der Waals surface area contributed by atoms with Crippen molar-refractivity contribution in [3.8, 4) is 0 Å². The molecule has 2 heterocycles. The number of piperidine rings is 1. The molecule has 0 atom stereocenters. The molecule has 0 saturated carbocycles. The highest BCUT2D eigenvalue weighted by molar-refractivity contribution is 7.09. The van der Waals surface area contributed by atoms with E-state index in [4.69, 9.17) is 0 Å². The number of aromatic nitrogens is 2. The van der Waals surface area contributed by atoms with Crippen molar-refractivity contribution in [3.63, 3.8) is 0 Å². The molecule has 6 nitrogen and oxygen atoms in total. The molecule has 8 heteroatoms. The van der Waals surface area contributed by atoms with Crippen LogP contribution >= 0.6 is 11.5 Å². The van der Waals surface area contributed by atoms with Gasteiger partial charge in [0.15, 0.2) is 0 Å². The van der Waals surface area contributed by atoms with Crippen LogP contribution in [0.2, 0.25) is 0 Å². The van der Waals surface area contributed by atoms with Gasteiger partial charge in [0.2, 0.25) is 5.13 Å². The second-order valence-electron chi connectivity index (χ2n) is 7.93. The summed E-state index contributed by atoms with van der Waals surface area (Å²) >= 11 is 1.41. The van der Waals surface area contributed by atoms with Gasteiger partial charge in [0, 0.05) is 43.3 Å². The molecule has 31 heavy (non-hydrogen) atoms. The molecule has 3 aromatic rings. The predicted molar refractivity (Wildman–Crippen MR) is 122 cm³/mol. The highest BCUT2D eigenvalue weighted by Crippen LogP contribution is 2.25. The van der Waals surface area contributed by atoms with Crippen molar-refractivity contribution in [2.45, 2.75) is 26.2 Å². The van der Waals surface area contributed by atoms with Gasteiger partial charge in [-0.1, -0.05) is 24.3 Å². The number of anilines is 2. The number of benzene rings is 2.